The first kappa shape index (κ1) is 19.0. The van der Waals surface area contributed by atoms with E-state index in [0.717, 1.165) is 40.6 Å². The van der Waals surface area contributed by atoms with Crippen molar-refractivity contribution in [2.45, 2.75) is 42.9 Å². The lowest BCUT2D eigenvalue weighted by Crippen LogP contribution is -2.32. The van der Waals surface area contributed by atoms with Gasteiger partial charge in [0.15, 0.2) is 0 Å². The predicted octanol–water partition coefficient (Wildman–Crippen LogP) is 4.31. The van der Waals surface area contributed by atoms with E-state index in [0.29, 0.717) is 17.4 Å². The summed E-state index contributed by atoms with van der Waals surface area (Å²) >= 11 is 0. The summed E-state index contributed by atoms with van der Waals surface area (Å²) in [7, 11) is -1.89. The SMILES string of the molecule is COc1ccc2[nH]cc(C3(CNS(=O)(=O)c4ccc(C(C)C)cc4)CC3)c2c1. The van der Waals surface area contributed by atoms with Crippen molar-refractivity contribution in [1.29, 1.82) is 0 Å². The summed E-state index contributed by atoms with van der Waals surface area (Å²) < 4.78 is 33.8. The van der Waals surface area contributed by atoms with Gasteiger partial charge in [0.2, 0.25) is 10.0 Å². The number of aromatic amines is 1. The number of benzene rings is 2. The number of rotatable bonds is 7. The average molecular weight is 399 g/mol. The van der Waals surface area contributed by atoms with Gasteiger partial charge >= 0.3 is 0 Å². The third kappa shape index (κ3) is 3.42. The molecule has 1 fully saturated rings. The number of sulfonamides is 1. The van der Waals surface area contributed by atoms with Crippen LogP contribution in [0.25, 0.3) is 10.9 Å². The van der Waals surface area contributed by atoms with Crippen LogP contribution in [0.4, 0.5) is 0 Å². The van der Waals surface area contributed by atoms with Crippen LogP contribution in [0.1, 0.15) is 43.7 Å². The molecule has 1 heterocycles. The number of methoxy groups -OCH3 is 1. The van der Waals surface area contributed by atoms with Gasteiger partial charge in [-0.15, -0.1) is 0 Å². The molecule has 1 aliphatic carbocycles. The third-order valence-electron chi connectivity index (χ3n) is 5.77. The minimum absolute atomic E-state index is 0.157. The normalized spacial score (nSPS) is 15.9. The first-order chi connectivity index (χ1) is 13.3. The van der Waals surface area contributed by atoms with Gasteiger partial charge < -0.3 is 9.72 Å². The van der Waals surface area contributed by atoms with Crippen molar-refractivity contribution in [3.8, 4) is 5.75 Å². The van der Waals surface area contributed by atoms with Crippen LogP contribution in [0.2, 0.25) is 0 Å². The minimum Gasteiger partial charge on any atom is -0.497 e. The lowest BCUT2D eigenvalue weighted by molar-refractivity contribution is 0.415. The Balaban J connectivity index is 1.56. The zero-order valence-electron chi connectivity index (χ0n) is 16.5. The summed E-state index contributed by atoms with van der Waals surface area (Å²) in [6.45, 7) is 4.58. The molecule has 0 aliphatic heterocycles. The predicted molar refractivity (Wildman–Crippen MR) is 111 cm³/mol. The Labute approximate surface area is 166 Å². The highest BCUT2D eigenvalue weighted by Crippen LogP contribution is 2.50. The van der Waals surface area contributed by atoms with Gasteiger partial charge in [-0.25, -0.2) is 13.1 Å². The van der Waals surface area contributed by atoms with Crippen molar-refractivity contribution in [1.82, 2.24) is 9.71 Å². The Kier molecular flexibility index (Phi) is 4.71. The van der Waals surface area contributed by atoms with Gasteiger partial charge in [0.05, 0.1) is 12.0 Å². The maximum absolute atomic E-state index is 12.8. The minimum atomic E-state index is -3.54. The summed E-state index contributed by atoms with van der Waals surface area (Å²) in [6, 6.07) is 13.1. The molecule has 5 nitrogen and oxygen atoms in total. The van der Waals surface area contributed by atoms with Crippen molar-refractivity contribution in [2.75, 3.05) is 13.7 Å². The zero-order chi connectivity index (χ0) is 19.9. The van der Waals surface area contributed by atoms with E-state index in [-0.39, 0.29) is 5.41 Å². The van der Waals surface area contributed by atoms with Crippen LogP contribution in [-0.2, 0) is 15.4 Å². The van der Waals surface area contributed by atoms with Gasteiger partial charge in [0.1, 0.15) is 5.75 Å². The first-order valence-corrected chi connectivity index (χ1v) is 11.1. The molecule has 2 aromatic carbocycles. The maximum atomic E-state index is 12.8. The summed E-state index contributed by atoms with van der Waals surface area (Å²) in [5.74, 6) is 1.17. The van der Waals surface area contributed by atoms with E-state index in [1.807, 2.05) is 36.5 Å². The fourth-order valence-corrected chi connectivity index (χ4v) is 4.83. The Bertz CT molecular complexity index is 1090. The molecule has 6 heteroatoms. The zero-order valence-corrected chi connectivity index (χ0v) is 17.3. The molecule has 4 rings (SSSR count). The van der Waals surface area contributed by atoms with E-state index in [1.165, 1.54) is 0 Å². The van der Waals surface area contributed by atoms with Crippen molar-refractivity contribution < 1.29 is 13.2 Å². The van der Waals surface area contributed by atoms with Crippen LogP contribution >= 0.6 is 0 Å². The second kappa shape index (κ2) is 6.94. The van der Waals surface area contributed by atoms with E-state index in [9.17, 15) is 8.42 Å². The van der Waals surface area contributed by atoms with Gasteiger partial charge in [-0.3, -0.25) is 0 Å². The smallest absolute Gasteiger partial charge is 0.240 e. The Morgan fingerprint density at radius 1 is 1.14 bits per heavy atom. The number of nitrogens with one attached hydrogen (secondary N) is 2. The van der Waals surface area contributed by atoms with Crippen LogP contribution in [0.15, 0.2) is 53.6 Å². The largest absolute Gasteiger partial charge is 0.497 e. The van der Waals surface area contributed by atoms with Crippen LogP contribution in [-0.4, -0.2) is 27.1 Å². The van der Waals surface area contributed by atoms with E-state index in [1.54, 1.807) is 19.2 Å². The average Bonchev–Trinajstić information content (AvgIpc) is 3.37. The number of fused-ring (bicyclic) bond motifs is 1. The van der Waals surface area contributed by atoms with Gasteiger partial charge in [-0.2, -0.15) is 0 Å². The number of ether oxygens (including phenoxy) is 1. The molecule has 1 saturated carbocycles. The fourth-order valence-electron chi connectivity index (χ4n) is 3.71. The van der Waals surface area contributed by atoms with Crippen LogP contribution in [0.3, 0.4) is 0 Å². The lowest BCUT2D eigenvalue weighted by Gasteiger charge is -2.16. The van der Waals surface area contributed by atoms with Crippen LogP contribution < -0.4 is 9.46 Å². The maximum Gasteiger partial charge on any atom is 0.240 e. The summed E-state index contributed by atoms with van der Waals surface area (Å²) in [5, 5.41) is 1.09. The highest BCUT2D eigenvalue weighted by atomic mass is 32.2. The summed E-state index contributed by atoms with van der Waals surface area (Å²) in [4.78, 5) is 3.61. The van der Waals surface area contributed by atoms with E-state index in [4.69, 9.17) is 4.74 Å². The number of aromatic nitrogens is 1. The second-order valence-corrected chi connectivity index (χ2v) is 9.71. The summed E-state index contributed by atoms with van der Waals surface area (Å²) in [5.41, 5.74) is 3.16. The van der Waals surface area contributed by atoms with Crippen LogP contribution in [0, 0.1) is 0 Å². The molecule has 0 bridgehead atoms. The molecular weight excluding hydrogens is 372 g/mol. The molecule has 28 heavy (non-hydrogen) atoms. The quantitative estimate of drug-likeness (QED) is 0.623. The number of H-pyrrole nitrogens is 1. The molecule has 3 aromatic rings. The standard InChI is InChI=1S/C22H26N2O3S/c1-15(2)16-4-7-18(8-5-16)28(25,26)24-14-22(10-11-22)20-13-23-21-9-6-17(27-3)12-19(20)21/h4-9,12-13,15,23-24H,10-11,14H2,1-3H3. The van der Waals surface area contributed by atoms with E-state index in [2.05, 4.69) is 23.6 Å². The van der Waals surface area contributed by atoms with E-state index >= 15 is 0 Å². The Hall–Kier alpha value is -2.31. The van der Waals surface area contributed by atoms with Crippen LogP contribution in [0.5, 0.6) is 5.75 Å². The van der Waals surface area contributed by atoms with Gasteiger partial charge in [-0.05, 0) is 60.2 Å². The van der Waals surface area contributed by atoms with E-state index < -0.39 is 10.0 Å². The van der Waals surface area contributed by atoms with Crippen molar-refractivity contribution in [2.24, 2.45) is 0 Å². The topological polar surface area (TPSA) is 71.2 Å². The first-order valence-electron chi connectivity index (χ1n) is 9.60. The third-order valence-corrected chi connectivity index (χ3v) is 7.19. The molecule has 0 atom stereocenters. The van der Waals surface area contributed by atoms with Crippen molar-refractivity contribution in [3.63, 3.8) is 0 Å². The Morgan fingerprint density at radius 3 is 2.46 bits per heavy atom. The molecular formula is C22H26N2O3S. The number of hydrogen-bond donors (Lipinski definition) is 2. The molecule has 0 saturated heterocycles. The van der Waals surface area contributed by atoms with Crippen molar-refractivity contribution in [3.05, 3.63) is 59.8 Å². The highest BCUT2D eigenvalue weighted by Gasteiger charge is 2.46. The molecule has 0 unspecified atom stereocenters. The van der Waals surface area contributed by atoms with Crippen molar-refractivity contribution >= 4 is 20.9 Å². The molecule has 2 N–H and O–H groups in total. The molecule has 148 valence electrons. The van der Waals surface area contributed by atoms with Gasteiger partial charge in [0, 0.05) is 29.1 Å². The number of hydrogen-bond acceptors (Lipinski definition) is 3. The lowest BCUT2D eigenvalue weighted by atomic mass is 9.95. The molecule has 0 radical (unpaired) electrons. The molecule has 1 aliphatic rings. The second-order valence-electron chi connectivity index (χ2n) is 7.94. The highest BCUT2D eigenvalue weighted by molar-refractivity contribution is 7.89. The Morgan fingerprint density at radius 2 is 1.86 bits per heavy atom. The fraction of sp³-hybridized carbons (Fsp3) is 0.364. The molecule has 0 amide bonds. The molecule has 0 spiro atoms. The van der Waals surface area contributed by atoms with Gasteiger partial charge in [0.25, 0.3) is 0 Å². The van der Waals surface area contributed by atoms with Gasteiger partial charge in [-0.1, -0.05) is 26.0 Å². The molecule has 1 aromatic heterocycles. The monoisotopic (exact) mass is 398 g/mol. The summed E-state index contributed by atoms with van der Waals surface area (Å²) in [6.07, 6.45) is 3.93.